The molecule has 0 heterocycles. The fraction of sp³-hybridized carbons (Fsp3) is 0.423. The minimum atomic E-state index is -0.714. The molecule has 2 aromatic rings. The van der Waals surface area contributed by atoms with Crippen LogP contribution < -0.4 is 0 Å². The molecule has 0 radical (unpaired) electrons. The minimum absolute atomic E-state index is 0.130. The second-order valence-electron chi connectivity index (χ2n) is 8.19. The summed E-state index contributed by atoms with van der Waals surface area (Å²) >= 11 is 0. The maximum absolute atomic E-state index is 12.0. The molecule has 0 aliphatic heterocycles. The van der Waals surface area contributed by atoms with Crippen molar-refractivity contribution in [3.05, 3.63) is 58.7 Å². The predicted molar refractivity (Wildman–Crippen MR) is 116 cm³/mol. The summed E-state index contributed by atoms with van der Waals surface area (Å²) in [5.74, 6) is -0.844. The Balaban J connectivity index is 2.27. The highest BCUT2D eigenvalue weighted by atomic mass is 16.1. The van der Waals surface area contributed by atoms with E-state index in [0.717, 1.165) is 50.4 Å². The van der Waals surface area contributed by atoms with Crippen LogP contribution >= 0.6 is 0 Å². The lowest BCUT2D eigenvalue weighted by molar-refractivity contribution is -0.122. The smallest absolute Gasteiger partial charge is 0.144 e. The van der Waals surface area contributed by atoms with E-state index >= 15 is 0 Å². The molecule has 29 heavy (non-hydrogen) atoms. The first-order valence-electron chi connectivity index (χ1n) is 10.7. The van der Waals surface area contributed by atoms with Crippen LogP contribution in [-0.4, -0.2) is 12.1 Å². The van der Waals surface area contributed by atoms with E-state index in [4.69, 9.17) is 0 Å². The summed E-state index contributed by atoms with van der Waals surface area (Å²) in [5.41, 5.74) is 6.10. The molecule has 3 rings (SSSR count). The third kappa shape index (κ3) is 3.65. The zero-order valence-corrected chi connectivity index (χ0v) is 17.6. The molecule has 1 unspecified atom stereocenters. The molecule has 0 saturated heterocycles. The van der Waals surface area contributed by atoms with Gasteiger partial charge in [-0.1, -0.05) is 63.8 Å². The van der Waals surface area contributed by atoms with Gasteiger partial charge in [-0.15, -0.1) is 0 Å². The lowest BCUT2D eigenvalue weighted by Gasteiger charge is -2.33. The van der Waals surface area contributed by atoms with Crippen molar-refractivity contribution < 1.29 is 9.59 Å². The molecule has 0 fully saturated rings. The highest BCUT2D eigenvalue weighted by molar-refractivity contribution is 5.98. The van der Waals surface area contributed by atoms with Crippen LogP contribution in [0.2, 0.25) is 0 Å². The van der Waals surface area contributed by atoms with E-state index in [0.29, 0.717) is 5.56 Å². The highest BCUT2D eigenvalue weighted by Gasteiger charge is 2.42. The Morgan fingerprint density at radius 2 is 1.62 bits per heavy atom. The number of unbranched alkanes of at least 4 members (excludes halogenated alkanes) is 2. The molecule has 0 bridgehead atoms. The van der Waals surface area contributed by atoms with Crippen molar-refractivity contribution in [1.29, 1.82) is 5.26 Å². The van der Waals surface area contributed by atoms with Crippen molar-refractivity contribution in [2.24, 2.45) is 0 Å². The van der Waals surface area contributed by atoms with Gasteiger partial charge in [-0.05, 0) is 59.7 Å². The number of nitrogens with zero attached hydrogens (tertiary/aromatic N) is 1. The van der Waals surface area contributed by atoms with E-state index in [-0.39, 0.29) is 11.2 Å². The van der Waals surface area contributed by atoms with Gasteiger partial charge in [0.2, 0.25) is 0 Å². The van der Waals surface area contributed by atoms with Crippen molar-refractivity contribution in [3.8, 4) is 17.2 Å². The fourth-order valence-corrected chi connectivity index (χ4v) is 4.81. The van der Waals surface area contributed by atoms with E-state index in [1.54, 1.807) is 0 Å². The number of carbonyl (C=O) groups excluding carboxylic acids is 2. The summed E-state index contributed by atoms with van der Waals surface area (Å²) in [6.07, 6.45) is 7.14. The Hall–Kier alpha value is -2.73. The molecule has 3 heteroatoms. The lowest BCUT2D eigenvalue weighted by Crippen LogP contribution is -2.26. The Bertz CT molecular complexity index is 959. The van der Waals surface area contributed by atoms with Crippen molar-refractivity contribution >= 4 is 12.1 Å². The SMILES string of the molecule is CCCCC1(CCCC)c2cc(C#N)ccc2-c2ccc(C(C=O)C(C)=O)cc21. The zero-order valence-electron chi connectivity index (χ0n) is 17.6. The van der Waals surface area contributed by atoms with Crippen LogP contribution in [0.3, 0.4) is 0 Å². The largest absolute Gasteiger partial charge is 0.302 e. The molecular weight excluding hydrogens is 358 g/mol. The molecule has 150 valence electrons. The van der Waals surface area contributed by atoms with E-state index in [1.807, 2.05) is 12.1 Å². The summed E-state index contributed by atoms with van der Waals surface area (Å²) in [6, 6.07) is 14.4. The molecule has 1 aliphatic rings. The summed E-state index contributed by atoms with van der Waals surface area (Å²) in [5, 5.41) is 9.49. The first-order chi connectivity index (χ1) is 14.0. The van der Waals surface area contributed by atoms with Gasteiger partial charge in [-0.3, -0.25) is 4.79 Å². The molecule has 1 aliphatic carbocycles. The Kier molecular flexibility index (Phi) is 6.33. The Morgan fingerprint density at radius 1 is 1.03 bits per heavy atom. The summed E-state index contributed by atoms with van der Waals surface area (Å²) in [4.78, 5) is 23.6. The number of benzene rings is 2. The summed E-state index contributed by atoms with van der Waals surface area (Å²) in [6.45, 7) is 5.87. The molecule has 0 N–H and O–H groups in total. The van der Waals surface area contributed by atoms with Crippen LogP contribution in [0, 0.1) is 11.3 Å². The minimum Gasteiger partial charge on any atom is -0.302 e. The monoisotopic (exact) mass is 387 g/mol. The maximum Gasteiger partial charge on any atom is 0.144 e. The van der Waals surface area contributed by atoms with Crippen LogP contribution in [0.25, 0.3) is 11.1 Å². The van der Waals surface area contributed by atoms with Crippen molar-refractivity contribution in [1.82, 2.24) is 0 Å². The second-order valence-corrected chi connectivity index (χ2v) is 8.19. The average molecular weight is 388 g/mol. The maximum atomic E-state index is 12.0. The van der Waals surface area contributed by atoms with Gasteiger partial charge >= 0.3 is 0 Å². The number of Topliss-reactive ketones (excluding diaryl/α,β-unsaturated/α-hetero) is 1. The van der Waals surface area contributed by atoms with Gasteiger partial charge in [0.15, 0.2) is 0 Å². The average Bonchev–Trinajstić information content (AvgIpc) is 3.00. The van der Waals surface area contributed by atoms with E-state index in [9.17, 15) is 14.9 Å². The van der Waals surface area contributed by atoms with Gasteiger partial charge in [0.25, 0.3) is 0 Å². The summed E-state index contributed by atoms with van der Waals surface area (Å²) < 4.78 is 0. The van der Waals surface area contributed by atoms with E-state index in [1.165, 1.54) is 29.2 Å². The molecular formula is C26H29NO2. The zero-order chi connectivity index (χ0) is 21.0. The Morgan fingerprint density at radius 3 is 2.14 bits per heavy atom. The van der Waals surface area contributed by atoms with Crippen molar-refractivity contribution in [2.45, 2.75) is 70.6 Å². The van der Waals surface area contributed by atoms with E-state index < -0.39 is 5.92 Å². The van der Waals surface area contributed by atoms with Gasteiger partial charge in [-0.2, -0.15) is 5.26 Å². The fourth-order valence-electron chi connectivity index (χ4n) is 4.81. The van der Waals surface area contributed by atoms with Gasteiger partial charge in [-0.25, -0.2) is 0 Å². The quantitative estimate of drug-likeness (QED) is 0.387. The van der Waals surface area contributed by atoms with E-state index in [2.05, 4.69) is 44.2 Å². The van der Waals surface area contributed by atoms with Crippen LogP contribution in [-0.2, 0) is 15.0 Å². The third-order valence-electron chi connectivity index (χ3n) is 6.36. The van der Waals surface area contributed by atoms with Crippen LogP contribution in [0.4, 0.5) is 0 Å². The Labute approximate surface area is 173 Å². The third-order valence-corrected chi connectivity index (χ3v) is 6.36. The number of rotatable bonds is 9. The number of nitriles is 1. The molecule has 0 spiro atoms. The number of ketones is 1. The summed E-state index contributed by atoms with van der Waals surface area (Å²) in [7, 11) is 0. The number of hydrogen-bond donors (Lipinski definition) is 0. The molecule has 1 atom stereocenters. The van der Waals surface area contributed by atoms with Crippen molar-refractivity contribution in [2.75, 3.05) is 0 Å². The highest BCUT2D eigenvalue weighted by Crippen LogP contribution is 2.54. The number of fused-ring (bicyclic) bond motifs is 3. The first kappa shape index (κ1) is 21.0. The lowest BCUT2D eigenvalue weighted by atomic mass is 9.70. The number of carbonyl (C=O) groups is 2. The number of hydrogen-bond acceptors (Lipinski definition) is 3. The molecule has 3 nitrogen and oxygen atoms in total. The molecule has 0 aromatic heterocycles. The molecule has 2 aromatic carbocycles. The number of aldehydes is 1. The normalized spacial score (nSPS) is 14.6. The first-order valence-corrected chi connectivity index (χ1v) is 10.7. The standard InChI is InChI=1S/C26H29NO2/c1-4-6-12-26(13-7-5-2)24-14-19(16-27)8-10-21(24)22-11-9-20(15-25(22)26)23(17-28)18(3)29/h8-11,14-15,17,23H,4-7,12-13H2,1-3H3. The van der Waals surface area contributed by atoms with Crippen molar-refractivity contribution in [3.63, 3.8) is 0 Å². The molecule has 0 amide bonds. The van der Waals surface area contributed by atoms with Gasteiger partial charge in [0, 0.05) is 5.41 Å². The van der Waals surface area contributed by atoms with Crippen LogP contribution in [0.5, 0.6) is 0 Å². The topological polar surface area (TPSA) is 57.9 Å². The van der Waals surface area contributed by atoms with Gasteiger partial charge in [0.1, 0.15) is 12.1 Å². The van der Waals surface area contributed by atoms with Gasteiger partial charge < -0.3 is 4.79 Å². The molecule has 0 saturated carbocycles. The second kappa shape index (κ2) is 8.74. The van der Waals surface area contributed by atoms with Gasteiger partial charge in [0.05, 0.1) is 17.6 Å². The van der Waals surface area contributed by atoms with Crippen LogP contribution in [0.1, 0.15) is 87.5 Å². The van der Waals surface area contributed by atoms with Crippen LogP contribution in [0.15, 0.2) is 36.4 Å². The predicted octanol–water partition coefficient (Wildman–Crippen LogP) is 6.08.